The first-order valence-corrected chi connectivity index (χ1v) is 6.48. The summed E-state index contributed by atoms with van der Waals surface area (Å²) in [5, 5.41) is 3.90. The van der Waals surface area contributed by atoms with Gasteiger partial charge in [0, 0.05) is 11.1 Å². The molecule has 0 fully saturated rings. The van der Waals surface area contributed by atoms with Crippen molar-refractivity contribution in [2.45, 2.75) is 33.3 Å². The van der Waals surface area contributed by atoms with E-state index in [2.05, 4.69) is 13.2 Å². The molecule has 0 aliphatic carbocycles. The van der Waals surface area contributed by atoms with Gasteiger partial charge in [0.25, 0.3) is 11.8 Å². The van der Waals surface area contributed by atoms with Crippen LogP contribution in [-0.4, -0.2) is 36.7 Å². The van der Waals surface area contributed by atoms with E-state index >= 15 is 0 Å². The predicted octanol–water partition coefficient (Wildman–Crippen LogP) is 1.42. The maximum atomic E-state index is 11.4. The van der Waals surface area contributed by atoms with E-state index in [0.29, 0.717) is 6.42 Å². The van der Waals surface area contributed by atoms with Crippen molar-refractivity contribution in [3.8, 4) is 0 Å². The van der Waals surface area contributed by atoms with Crippen molar-refractivity contribution in [3.63, 3.8) is 0 Å². The summed E-state index contributed by atoms with van der Waals surface area (Å²) in [6.07, 6.45) is -2.37. The van der Waals surface area contributed by atoms with Crippen LogP contribution in [0.2, 0.25) is 0 Å². The summed E-state index contributed by atoms with van der Waals surface area (Å²) in [6, 6.07) is 0. The number of carbonyl (C=O) groups excluding carboxylic acids is 4. The lowest BCUT2D eigenvalue weighted by Crippen LogP contribution is -2.37. The second-order valence-electron chi connectivity index (χ2n) is 4.50. The van der Waals surface area contributed by atoms with Crippen molar-refractivity contribution in [1.82, 2.24) is 10.6 Å². The number of alkyl carbamates (subject to hydrolysis) is 2. The molecule has 0 saturated carbocycles. The molecular weight excluding hydrogens is 292 g/mol. The van der Waals surface area contributed by atoms with Crippen molar-refractivity contribution in [1.29, 1.82) is 0 Å². The van der Waals surface area contributed by atoms with E-state index in [9.17, 15) is 19.2 Å². The van der Waals surface area contributed by atoms with Crippen molar-refractivity contribution in [2.75, 3.05) is 6.61 Å². The molecule has 0 aliphatic rings. The van der Waals surface area contributed by atoms with Gasteiger partial charge in [0.2, 0.25) is 0 Å². The molecule has 0 aliphatic heterocycles. The van der Waals surface area contributed by atoms with E-state index in [4.69, 9.17) is 9.47 Å². The highest BCUT2D eigenvalue weighted by atomic mass is 16.6. The summed E-state index contributed by atoms with van der Waals surface area (Å²) >= 11 is 0. The number of imide groups is 2. The first-order chi connectivity index (χ1) is 10.2. The van der Waals surface area contributed by atoms with E-state index in [1.54, 1.807) is 6.92 Å². The molecule has 0 radical (unpaired) electrons. The van der Waals surface area contributed by atoms with Crippen LogP contribution >= 0.6 is 0 Å². The molecule has 1 unspecified atom stereocenters. The number of amides is 4. The average Bonchev–Trinajstić information content (AvgIpc) is 2.42. The van der Waals surface area contributed by atoms with Gasteiger partial charge < -0.3 is 9.47 Å². The van der Waals surface area contributed by atoms with Crippen molar-refractivity contribution >= 4 is 24.0 Å². The lowest BCUT2D eigenvalue weighted by molar-refractivity contribution is -0.118. The number of rotatable bonds is 6. The Bertz CT molecular complexity index is 498. The van der Waals surface area contributed by atoms with E-state index in [0.717, 1.165) is 0 Å². The Kier molecular flexibility index (Phi) is 8.21. The predicted molar refractivity (Wildman–Crippen MR) is 77.8 cm³/mol. The Morgan fingerprint density at radius 3 is 1.82 bits per heavy atom. The maximum Gasteiger partial charge on any atom is 0.414 e. The first-order valence-electron chi connectivity index (χ1n) is 6.48. The van der Waals surface area contributed by atoms with Crippen LogP contribution in [-0.2, 0) is 19.1 Å². The van der Waals surface area contributed by atoms with Crippen LogP contribution in [0.25, 0.3) is 0 Å². The Balaban J connectivity index is 4.27. The monoisotopic (exact) mass is 312 g/mol. The first kappa shape index (κ1) is 19.4. The van der Waals surface area contributed by atoms with Gasteiger partial charge in [-0.3, -0.25) is 20.2 Å². The number of hydrogen-bond acceptors (Lipinski definition) is 6. The fourth-order valence-electron chi connectivity index (χ4n) is 1.02. The number of nitrogens with one attached hydrogen (secondary N) is 2. The highest BCUT2D eigenvalue weighted by Crippen LogP contribution is 2.01. The van der Waals surface area contributed by atoms with Gasteiger partial charge in [0.15, 0.2) is 0 Å². The van der Waals surface area contributed by atoms with Crippen molar-refractivity contribution < 1.29 is 28.7 Å². The second kappa shape index (κ2) is 9.32. The van der Waals surface area contributed by atoms with Gasteiger partial charge in [-0.15, -0.1) is 0 Å². The lowest BCUT2D eigenvalue weighted by Gasteiger charge is -2.16. The smallest absolute Gasteiger partial charge is 0.414 e. The molecule has 1 atom stereocenters. The topological polar surface area (TPSA) is 111 Å². The van der Waals surface area contributed by atoms with Crippen LogP contribution in [0.5, 0.6) is 0 Å². The van der Waals surface area contributed by atoms with Gasteiger partial charge in [-0.1, -0.05) is 20.1 Å². The normalized spacial score (nSPS) is 10.9. The van der Waals surface area contributed by atoms with Crippen molar-refractivity contribution in [3.05, 3.63) is 24.3 Å². The molecule has 0 heterocycles. The molecule has 0 spiro atoms. The minimum atomic E-state index is -0.978. The molecule has 0 bridgehead atoms. The van der Waals surface area contributed by atoms with Crippen LogP contribution in [0.3, 0.4) is 0 Å². The summed E-state index contributed by atoms with van der Waals surface area (Å²) in [5.41, 5.74) is 0.303. The molecule has 0 aromatic heterocycles. The molecule has 0 rings (SSSR count). The standard InChI is InChI=1S/C14H20N2O6/c1-6-10(22-14(20)16-12(18)9(4)5)7-21-13(19)15-11(17)8(2)3/h10H,2,4,6-7H2,1,3,5H3,(H,15,17,19)(H,16,18,20). The summed E-state index contributed by atoms with van der Waals surface area (Å²) in [6.45, 7) is 11.0. The molecule has 8 nitrogen and oxygen atoms in total. The zero-order valence-electron chi connectivity index (χ0n) is 12.9. The van der Waals surface area contributed by atoms with Gasteiger partial charge in [0.1, 0.15) is 12.7 Å². The van der Waals surface area contributed by atoms with Crippen LogP contribution in [0.1, 0.15) is 27.2 Å². The third-order valence-corrected chi connectivity index (χ3v) is 2.34. The molecule has 4 amide bonds. The van der Waals surface area contributed by atoms with Crippen LogP contribution in [0, 0.1) is 0 Å². The third-order valence-electron chi connectivity index (χ3n) is 2.34. The molecule has 0 aromatic carbocycles. The highest BCUT2D eigenvalue weighted by molar-refractivity contribution is 6.02. The molecule has 0 saturated heterocycles. The molecule has 122 valence electrons. The van der Waals surface area contributed by atoms with Crippen LogP contribution in [0.4, 0.5) is 9.59 Å². The van der Waals surface area contributed by atoms with E-state index in [-0.39, 0.29) is 17.8 Å². The fourth-order valence-corrected chi connectivity index (χ4v) is 1.02. The quantitative estimate of drug-likeness (QED) is 0.718. The zero-order chi connectivity index (χ0) is 17.3. The van der Waals surface area contributed by atoms with Crippen molar-refractivity contribution in [2.24, 2.45) is 0 Å². The van der Waals surface area contributed by atoms with E-state index < -0.39 is 30.1 Å². The van der Waals surface area contributed by atoms with Gasteiger partial charge in [-0.2, -0.15) is 0 Å². The summed E-state index contributed by atoms with van der Waals surface area (Å²) in [4.78, 5) is 45.1. The Morgan fingerprint density at radius 2 is 1.41 bits per heavy atom. The average molecular weight is 312 g/mol. The molecule has 8 heteroatoms. The van der Waals surface area contributed by atoms with Gasteiger partial charge in [-0.05, 0) is 20.3 Å². The number of carbonyl (C=O) groups is 4. The van der Waals surface area contributed by atoms with Gasteiger partial charge in [-0.25, -0.2) is 9.59 Å². The maximum absolute atomic E-state index is 11.4. The minimum absolute atomic E-state index is 0.151. The zero-order valence-corrected chi connectivity index (χ0v) is 12.9. The van der Waals surface area contributed by atoms with Gasteiger partial charge >= 0.3 is 12.2 Å². The second-order valence-corrected chi connectivity index (χ2v) is 4.50. The summed E-state index contributed by atoms with van der Waals surface area (Å²) in [7, 11) is 0. The van der Waals surface area contributed by atoms with E-state index in [1.807, 2.05) is 10.6 Å². The Labute approximate surface area is 128 Å². The lowest BCUT2D eigenvalue weighted by atomic mass is 10.3. The Morgan fingerprint density at radius 1 is 0.955 bits per heavy atom. The third kappa shape index (κ3) is 7.83. The number of hydrogen-bond donors (Lipinski definition) is 2. The summed E-state index contributed by atoms with van der Waals surface area (Å²) < 4.78 is 9.65. The minimum Gasteiger partial charge on any atom is -0.445 e. The molecule has 0 aromatic rings. The van der Waals surface area contributed by atoms with Crippen LogP contribution in [0.15, 0.2) is 24.3 Å². The van der Waals surface area contributed by atoms with Gasteiger partial charge in [0.05, 0.1) is 0 Å². The van der Waals surface area contributed by atoms with Crippen LogP contribution < -0.4 is 10.6 Å². The summed E-state index contributed by atoms with van der Waals surface area (Å²) in [5.74, 6) is -1.32. The highest BCUT2D eigenvalue weighted by Gasteiger charge is 2.18. The SMILES string of the molecule is C=C(C)C(=O)NC(=O)OCC(CC)OC(=O)NC(=O)C(=C)C. The Hall–Kier alpha value is -2.64. The fraction of sp³-hybridized carbons (Fsp3) is 0.429. The largest absolute Gasteiger partial charge is 0.445 e. The molecule has 2 N–H and O–H groups in total. The molecular formula is C14H20N2O6. The number of ether oxygens (including phenoxy) is 2. The van der Waals surface area contributed by atoms with E-state index in [1.165, 1.54) is 13.8 Å². The molecule has 22 heavy (non-hydrogen) atoms.